The molecule has 9 heteroatoms. The van der Waals surface area contributed by atoms with Crippen LogP contribution >= 0.6 is 50.9 Å². The predicted octanol–water partition coefficient (Wildman–Crippen LogP) is 5.06. The molecule has 2 aromatic rings. The van der Waals surface area contributed by atoms with E-state index in [1.165, 1.54) is 18.2 Å². The molecule has 0 aliphatic carbocycles. The topological polar surface area (TPSA) is 81.9 Å². The van der Waals surface area contributed by atoms with Crippen LogP contribution in [0.4, 0.5) is 5.69 Å². The van der Waals surface area contributed by atoms with Crippen molar-refractivity contribution in [1.82, 2.24) is 5.32 Å². The highest BCUT2D eigenvalue weighted by atomic mass is 79.9. The molecule has 2 aromatic carbocycles. The van der Waals surface area contributed by atoms with Gasteiger partial charge in [-0.3, -0.25) is 4.79 Å². The maximum atomic E-state index is 12.1. The van der Waals surface area contributed by atoms with Crippen molar-refractivity contribution in [1.29, 1.82) is 0 Å². The molecule has 25 heavy (non-hydrogen) atoms. The first-order valence-corrected chi connectivity index (χ1v) is 9.17. The molecule has 0 radical (unpaired) electrons. The van der Waals surface area contributed by atoms with E-state index in [2.05, 4.69) is 26.2 Å². The summed E-state index contributed by atoms with van der Waals surface area (Å²) >= 11 is 16.3. The summed E-state index contributed by atoms with van der Waals surface area (Å²) in [7, 11) is 0. The number of amides is 1. The lowest BCUT2D eigenvalue weighted by Crippen LogP contribution is -2.19. The number of phenols is 2. The molecule has 5 nitrogen and oxygen atoms in total. The Kier molecular flexibility index (Phi) is 5.29. The van der Waals surface area contributed by atoms with Crippen LogP contribution in [0.1, 0.15) is 5.56 Å². The van der Waals surface area contributed by atoms with Gasteiger partial charge >= 0.3 is 0 Å². The van der Waals surface area contributed by atoms with Gasteiger partial charge in [-0.05, 0) is 52.0 Å². The zero-order valence-corrected chi connectivity index (χ0v) is 16.2. The van der Waals surface area contributed by atoms with Crippen molar-refractivity contribution in [3.63, 3.8) is 0 Å². The van der Waals surface area contributed by atoms with Crippen LogP contribution in [0.15, 0.2) is 44.7 Å². The maximum absolute atomic E-state index is 12.1. The van der Waals surface area contributed by atoms with E-state index >= 15 is 0 Å². The lowest BCUT2D eigenvalue weighted by Gasteiger charge is -2.03. The standard InChI is InChI=1S/C16H9BrCl2N2O3S/c17-8-4-7(11(22)6-12(8)23)5-13-15(24)21-16(25-13)20-10-3-1-2-9(18)14(10)19/h1-6,22-23H,(H,20,21,24)/b13-5-. The Labute approximate surface area is 165 Å². The second-order valence-corrected chi connectivity index (χ2v) is 7.59. The molecule has 3 N–H and O–H groups in total. The number of thioether (sulfide) groups is 1. The van der Waals surface area contributed by atoms with E-state index in [0.29, 0.717) is 35.8 Å². The van der Waals surface area contributed by atoms with E-state index in [9.17, 15) is 15.0 Å². The predicted molar refractivity (Wildman–Crippen MR) is 105 cm³/mol. The minimum absolute atomic E-state index is 0.0963. The van der Waals surface area contributed by atoms with E-state index in [-0.39, 0.29) is 17.4 Å². The molecular formula is C16H9BrCl2N2O3S. The molecule has 0 atom stereocenters. The molecular weight excluding hydrogens is 451 g/mol. The van der Waals surface area contributed by atoms with Gasteiger partial charge in [0.05, 0.1) is 25.1 Å². The first kappa shape index (κ1) is 18.1. The lowest BCUT2D eigenvalue weighted by atomic mass is 10.1. The first-order chi connectivity index (χ1) is 11.8. The number of amidine groups is 1. The van der Waals surface area contributed by atoms with Crippen molar-refractivity contribution >= 4 is 73.7 Å². The fourth-order valence-electron chi connectivity index (χ4n) is 1.99. The minimum atomic E-state index is -0.356. The summed E-state index contributed by atoms with van der Waals surface area (Å²) in [6.07, 6.45) is 1.50. The van der Waals surface area contributed by atoms with Crippen molar-refractivity contribution in [3.8, 4) is 11.5 Å². The number of aliphatic imine (C=N–C) groups is 1. The van der Waals surface area contributed by atoms with E-state index in [1.807, 2.05) is 0 Å². The number of halogens is 3. The Bertz CT molecular complexity index is 947. The molecule has 3 rings (SSSR count). The first-order valence-electron chi connectivity index (χ1n) is 6.80. The third-order valence-electron chi connectivity index (χ3n) is 3.19. The molecule has 1 fully saturated rings. The molecule has 0 saturated carbocycles. The van der Waals surface area contributed by atoms with Crippen LogP contribution in [0.5, 0.6) is 11.5 Å². The minimum Gasteiger partial charge on any atom is -0.507 e. The number of carbonyl (C=O) groups is 1. The van der Waals surface area contributed by atoms with Gasteiger partial charge in [-0.2, -0.15) is 0 Å². The number of nitrogens with zero attached hydrogens (tertiary/aromatic N) is 1. The van der Waals surface area contributed by atoms with Crippen LogP contribution in [0.25, 0.3) is 6.08 Å². The Morgan fingerprint density at radius 2 is 1.96 bits per heavy atom. The highest BCUT2D eigenvalue weighted by Crippen LogP contribution is 2.37. The zero-order valence-electron chi connectivity index (χ0n) is 12.3. The van der Waals surface area contributed by atoms with Crippen LogP contribution in [-0.4, -0.2) is 21.3 Å². The lowest BCUT2D eigenvalue weighted by molar-refractivity contribution is -0.115. The molecule has 1 aliphatic heterocycles. The summed E-state index contributed by atoms with van der Waals surface area (Å²) in [4.78, 5) is 16.7. The monoisotopic (exact) mass is 458 g/mol. The third kappa shape index (κ3) is 3.95. The summed E-state index contributed by atoms with van der Waals surface area (Å²) in [6.45, 7) is 0. The number of hydrogen-bond acceptors (Lipinski definition) is 5. The van der Waals surface area contributed by atoms with Gasteiger partial charge in [0.1, 0.15) is 11.5 Å². The summed E-state index contributed by atoms with van der Waals surface area (Å²) in [5.74, 6) is -0.601. The highest BCUT2D eigenvalue weighted by molar-refractivity contribution is 9.10. The van der Waals surface area contributed by atoms with Gasteiger partial charge in [-0.1, -0.05) is 29.3 Å². The number of phenolic OH excluding ortho intramolecular Hbond substituents is 2. The molecule has 0 unspecified atom stereocenters. The quantitative estimate of drug-likeness (QED) is 0.548. The van der Waals surface area contributed by atoms with Crippen molar-refractivity contribution in [2.24, 2.45) is 4.99 Å². The fraction of sp³-hybridized carbons (Fsp3) is 0. The fourth-order valence-corrected chi connectivity index (χ4v) is 3.52. The Morgan fingerprint density at radius 3 is 2.72 bits per heavy atom. The zero-order chi connectivity index (χ0) is 18.1. The normalized spacial score (nSPS) is 17.3. The summed E-state index contributed by atoms with van der Waals surface area (Å²) in [6, 6.07) is 7.73. The summed E-state index contributed by atoms with van der Waals surface area (Å²) < 4.78 is 0.403. The van der Waals surface area contributed by atoms with Gasteiger partial charge in [0.25, 0.3) is 5.91 Å². The Hall–Kier alpha value is -1.67. The molecule has 1 heterocycles. The van der Waals surface area contributed by atoms with Crippen LogP contribution in [0.2, 0.25) is 10.0 Å². The third-order valence-corrected chi connectivity index (χ3v) is 5.54. The molecule has 0 aromatic heterocycles. The van der Waals surface area contributed by atoms with Gasteiger partial charge < -0.3 is 15.5 Å². The smallest absolute Gasteiger partial charge is 0.264 e. The molecule has 1 saturated heterocycles. The van der Waals surface area contributed by atoms with Gasteiger partial charge in [0.2, 0.25) is 0 Å². The number of rotatable bonds is 2. The van der Waals surface area contributed by atoms with Gasteiger partial charge in [0, 0.05) is 11.6 Å². The second-order valence-electron chi connectivity index (χ2n) is 4.92. The summed E-state index contributed by atoms with van der Waals surface area (Å²) in [5, 5.41) is 23.1. The van der Waals surface area contributed by atoms with Crippen molar-refractivity contribution < 1.29 is 15.0 Å². The van der Waals surface area contributed by atoms with Crippen molar-refractivity contribution in [3.05, 3.63) is 55.3 Å². The maximum Gasteiger partial charge on any atom is 0.264 e. The Morgan fingerprint density at radius 1 is 1.20 bits per heavy atom. The number of hydrogen-bond donors (Lipinski definition) is 3. The van der Waals surface area contributed by atoms with Gasteiger partial charge in [-0.25, -0.2) is 4.99 Å². The van der Waals surface area contributed by atoms with E-state index < -0.39 is 0 Å². The molecule has 1 amide bonds. The van der Waals surface area contributed by atoms with Gasteiger partial charge in [0.15, 0.2) is 5.17 Å². The van der Waals surface area contributed by atoms with Crippen molar-refractivity contribution in [2.45, 2.75) is 0 Å². The van der Waals surface area contributed by atoms with Gasteiger partial charge in [-0.15, -0.1) is 0 Å². The highest BCUT2D eigenvalue weighted by Gasteiger charge is 2.24. The number of aromatic hydroxyl groups is 2. The van der Waals surface area contributed by atoms with E-state index in [1.54, 1.807) is 18.2 Å². The molecule has 128 valence electrons. The largest absolute Gasteiger partial charge is 0.507 e. The van der Waals surface area contributed by atoms with E-state index in [4.69, 9.17) is 23.2 Å². The van der Waals surface area contributed by atoms with E-state index in [0.717, 1.165) is 11.8 Å². The van der Waals surface area contributed by atoms with Crippen LogP contribution in [0.3, 0.4) is 0 Å². The number of benzene rings is 2. The second kappa shape index (κ2) is 7.29. The average Bonchev–Trinajstić information content (AvgIpc) is 2.89. The SMILES string of the molecule is O=C1NC(=Nc2cccc(Cl)c2Cl)S/C1=C\c1cc(Br)c(O)cc1O. The number of nitrogens with one attached hydrogen (secondary N) is 1. The molecule has 1 aliphatic rings. The Balaban J connectivity index is 1.92. The van der Waals surface area contributed by atoms with Crippen molar-refractivity contribution in [2.75, 3.05) is 0 Å². The number of carbonyl (C=O) groups excluding carboxylic acids is 1. The van der Waals surface area contributed by atoms with Crippen LogP contribution < -0.4 is 5.32 Å². The molecule has 0 spiro atoms. The van der Waals surface area contributed by atoms with Crippen LogP contribution in [0, 0.1) is 0 Å². The summed E-state index contributed by atoms with van der Waals surface area (Å²) in [5.41, 5.74) is 0.817. The average molecular weight is 460 g/mol. The molecule has 0 bridgehead atoms. The van der Waals surface area contributed by atoms with Crippen LogP contribution in [-0.2, 0) is 4.79 Å².